The van der Waals surface area contributed by atoms with Crippen LogP contribution in [0.2, 0.25) is 0 Å². The molecule has 0 N–H and O–H groups in total. The lowest BCUT2D eigenvalue weighted by molar-refractivity contribution is -0.143. The van der Waals surface area contributed by atoms with Crippen LogP contribution in [0, 0.1) is 16.7 Å². The summed E-state index contributed by atoms with van der Waals surface area (Å²) in [5.74, 6) is -0.239. The van der Waals surface area contributed by atoms with Gasteiger partial charge >= 0.3 is 5.97 Å². The zero-order valence-corrected chi connectivity index (χ0v) is 11.8. The van der Waals surface area contributed by atoms with Gasteiger partial charge in [0.25, 0.3) is 0 Å². The van der Waals surface area contributed by atoms with E-state index >= 15 is 0 Å². The molecule has 2 atom stereocenters. The second-order valence-electron chi connectivity index (χ2n) is 6.12. The molecule has 1 aliphatic carbocycles. The normalized spacial score (nSPS) is 31.8. The van der Waals surface area contributed by atoms with E-state index < -0.39 is 11.5 Å². The first-order valence-corrected chi connectivity index (χ1v) is 7.31. The van der Waals surface area contributed by atoms with Crippen LogP contribution in [0.25, 0.3) is 0 Å². The van der Waals surface area contributed by atoms with E-state index in [1.54, 1.807) is 0 Å². The molecule has 1 aromatic carbocycles. The summed E-state index contributed by atoms with van der Waals surface area (Å²) >= 11 is 0. The van der Waals surface area contributed by atoms with Crippen molar-refractivity contribution in [3.8, 4) is 6.07 Å². The van der Waals surface area contributed by atoms with Crippen molar-refractivity contribution in [2.75, 3.05) is 0 Å². The fourth-order valence-corrected chi connectivity index (χ4v) is 4.07. The van der Waals surface area contributed by atoms with Gasteiger partial charge in [-0.05, 0) is 25.3 Å². The Morgan fingerprint density at radius 2 is 1.85 bits per heavy atom. The largest absolute Gasteiger partial charge is 0.446 e. The number of rotatable bonds is 1. The highest BCUT2D eigenvalue weighted by molar-refractivity contribution is 5.87. The average Bonchev–Trinajstić information content (AvgIpc) is 2.71. The topological polar surface area (TPSA) is 50.1 Å². The zero-order valence-electron chi connectivity index (χ0n) is 11.8. The monoisotopic (exact) mass is 269 g/mol. The minimum Gasteiger partial charge on any atom is -0.446 e. The van der Waals surface area contributed by atoms with Crippen molar-refractivity contribution in [3.05, 3.63) is 35.9 Å². The van der Waals surface area contributed by atoms with Crippen LogP contribution in [-0.2, 0) is 14.9 Å². The van der Waals surface area contributed by atoms with Gasteiger partial charge in [-0.15, -0.1) is 0 Å². The summed E-state index contributed by atoms with van der Waals surface area (Å²) in [7, 11) is 0. The predicted molar refractivity (Wildman–Crippen MR) is 74.8 cm³/mol. The van der Waals surface area contributed by atoms with Gasteiger partial charge in [-0.25, -0.2) is 0 Å². The molecule has 20 heavy (non-hydrogen) atoms. The van der Waals surface area contributed by atoms with E-state index in [4.69, 9.17) is 4.74 Å². The van der Waals surface area contributed by atoms with Crippen LogP contribution in [0.15, 0.2) is 30.3 Å². The third-order valence-electron chi connectivity index (χ3n) is 5.34. The van der Waals surface area contributed by atoms with E-state index in [1.165, 1.54) is 6.42 Å². The van der Waals surface area contributed by atoms with Crippen LogP contribution in [0.1, 0.15) is 44.6 Å². The van der Waals surface area contributed by atoms with E-state index in [0.717, 1.165) is 31.2 Å². The molecule has 0 unspecified atom stereocenters. The number of benzene rings is 1. The number of carbonyl (C=O) groups excluding carboxylic acids is 1. The van der Waals surface area contributed by atoms with Crippen molar-refractivity contribution >= 4 is 5.97 Å². The number of hydrogen-bond acceptors (Lipinski definition) is 3. The lowest BCUT2D eigenvalue weighted by Gasteiger charge is -2.44. The minimum atomic E-state index is -0.699. The number of nitrogens with zero attached hydrogens (tertiary/aromatic N) is 1. The van der Waals surface area contributed by atoms with Gasteiger partial charge in [0.15, 0.2) is 6.10 Å². The van der Waals surface area contributed by atoms with Gasteiger partial charge < -0.3 is 4.74 Å². The SMILES string of the molecule is C[C@]1(c2ccccc2)C(=O)O[C@H](C#N)C12CCCCC2. The molecule has 104 valence electrons. The fraction of sp³-hybridized carbons (Fsp3) is 0.529. The van der Waals surface area contributed by atoms with Crippen LogP contribution >= 0.6 is 0 Å². The molecule has 1 saturated heterocycles. The highest BCUT2D eigenvalue weighted by Crippen LogP contribution is 2.58. The molecule has 1 spiro atoms. The maximum absolute atomic E-state index is 12.6. The highest BCUT2D eigenvalue weighted by Gasteiger charge is 2.65. The molecule has 1 heterocycles. The summed E-state index contributed by atoms with van der Waals surface area (Å²) in [6, 6.07) is 12.0. The molecule has 0 aromatic heterocycles. The van der Waals surface area contributed by atoms with Crippen LogP contribution in [0.5, 0.6) is 0 Å². The Morgan fingerprint density at radius 3 is 2.45 bits per heavy atom. The second-order valence-corrected chi connectivity index (χ2v) is 6.12. The molecule has 0 radical (unpaired) electrons. The second kappa shape index (κ2) is 4.63. The molecule has 2 fully saturated rings. The van der Waals surface area contributed by atoms with Gasteiger partial charge in [0.1, 0.15) is 11.5 Å². The van der Waals surface area contributed by atoms with Gasteiger partial charge in [0, 0.05) is 5.41 Å². The van der Waals surface area contributed by atoms with Crippen molar-refractivity contribution in [1.82, 2.24) is 0 Å². The molecule has 1 aromatic rings. The highest BCUT2D eigenvalue weighted by atomic mass is 16.6. The minimum absolute atomic E-state index is 0.239. The first-order chi connectivity index (χ1) is 9.65. The summed E-state index contributed by atoms with van der Waals surface area (Å²) in [6.45, 7) is 1.97. The Balaban J connectivity index is 2.16. The zero-order chi connectivity index (χ0) is 14.2. The Morgan fingerprint density at radius 1 is 1.20 bits per heavy atom. The lowest BCUT2D eigenvalue weighted by Crippen LogP contribution is -2.48. The molecule has 0 bridgehead atoms. The maximum Gasteiger partial charge on any atom is 0.318 e. The Kier molecular flexibility index (Phi) is 3.05. The third-order valence-corrected chi connectivity index (χ3v) is 5.34. The number of cyclic esters (lactones) is 1. The van der Waals surface area contributed by atoms with Gasteiger partial charge in [-0.1, -0.05) is 49.6 Å². The van der Waals surface area contributed by atoms with Crippen molar-refractivity contribution in [1.29, 1.82) is 5.26 Å². The van der Waals surface area contributed by atoms with Gasteiger partial charge in [-0.3, -0.25) is 4.79 Å². The van der Waals surface area contributed by atoms with E-state index in [9.17, 15) is 10.1 Å². The van der Waals surface area contributed by atoms with E-state index in [0.29, 0.717) is 0 Å². The standard InChI is InChI=1S/C17H19NO2/c1-16(13-8-4-2-5-9-13)15(19)20-14(12-18)17(16)10-6-3-7-11-17/h2,4-5,8-9,14H,3,6-7,10-11H2,1H3/t14-,16+/m1/s1. The number of ether oxygens (including phenoxy) is 1. The van der Waals surface area contributed by atoms with Crippen molar-refractivity contribution in [2.24, 2.45) is 5.41 Å². The quantitative estimate of drug-likeness (QED) is 0.735. The van der Waals surface area contributed by atoms with Crippen LogP contribution < -0.4 is 0 Å². The Bertz CT molecular complexity index is 554. The van der Waals surface area contributed by atoms with Crippen molar-refractivity contribution < 1.29 is 9.53 Å². The predicted octanol–water partition coefficient (Wildman–Crippen LogP) is 3.34. The summed E-state index contributed by atoms with van der Waals surface area (Å²) < 4.78 is 5.47. The smallest absolute Gasteiger partial charge is 0.318 e. The first kappa shape index (κ1) is 13.2. The average molecular weight is 269 g/mol. The number of nitriles is 1. The van der Waals surface area contributed by atoms with Gasteiger partial charge in [0.2, 0.25) is 0 Å². The maximum atomic E-state index is 12.6. The number of hydrogen-bond donors (Lipinski definition) is 0. The summed E-state index contributed by atoms with van der Waals surface area (Å²) in [5, 5.41) is 9.45. The third kappa shape index (κ3) is 1.54. The fourth-order valence-electron chi connectivity index (χ4n) is 4.07. The Hall–Kier alpha value is -1.82. The van der Waals surface area contributed by atoms with Crippen LogP contribution in [0.3, 0.4) is 0 Å². The van der Waals surface area contributed by atoms with E-state index in [1.807, 2.05) is 37.3 Å². The Labute approximate surface area is 119 Å². The van der Waals surface area contributed by atoms with Crippen molar-refractivity contribution in [3.63, 3.8) is 0 Å². The summed E-state index contributed by atoms with van der Waals surface area (Å²) in [6.07, 6.45) is 4.48. The molecular formula is C17H19NO2. The molecule has 1 saturated carbocycles. The molecular weight excluding hydrogens is 250 g/mol. The summed E-state index contributed by atoms with van der Waals surface area (Å²) in [5.41, 5.74) is -0.0855. The molecule has 1 aliphatic heterocycles. The molecule has 3 rings (SSSR count). The molecule has 2 aliphatic rings. The van der Waals surface area contributed by atoms with E-state index in [-0.39, 0.29) is 11.4 Å². The number of carbonyl (C=O) groups is 1. The van der Waals surface area contributed by atoms with Crippen LogP contribution in [0.4, 0.5) is 0 Å². The molecule has 3 heteroatoms. The van der Waals surface area contributed by atoms with Crippen LogP contribution in [-0.4, -0.2) is 12.1 Å². The van der Waals surface area contributed by atoms with E-state index in [2.05, 4.69) is 6.07 Å². The lowest BCUT2D eigenvalue weighted by atomic mass is 9.54. The molecule has 3 nitrogen and oxygen atoms in total. The summed E-state index contributed by atoms with van der Waals surface area (Å²) in [4.78, 5) is 12.6. The first-order valence-electron chi connectivity index (χ1n) is 7.31. The van der Waals surface area contributed by atoms with Crippen molar-refractivity contribution in [2.45, 2.75) is 50.5 Å². The molecule has 0 amide bonds. The van der Waals surface area contributed by atoms with Gasteiger partial charge in [-0.2, -0.15) is 5.26 Å². The van der Waals surface area contributed by atoms with Gasteiger partial charge in [0.05, 0.1) is 0 Å². The number of esters is 1.